The zero-order valence-corrected chi connectivity index (χ0v) is 29.5. The fourth-order valence-corrected chi connectivity index (χ4v) is 7.33. The topological polar surface area (TPSA) is 31.0 Å². The van der Waals surface area contributed by atoms with Crippen molar-refractivity contribution < 1.29 is 4.42 Å². The molecule has 0 aliphatic carbocycles. The molecule has 0 bridgehead atoms. The quantitative estimate of drug-likeness (QED) is 0.167. The number of rotatable bonds is 8. The third-order valence-corrected chi connectivity index (χ3v) is 9.80. The first-order chi connectivity index (χ1) is 23.1. The summed E-state index contributed by atoms with van der Waals surface area (Å²) in [5.74, 6) is 2.38. The van der Waals surface area contributed by atoms with Crippen LogP contribution in [-0.2, 0) is 0 Å². The Labute approximate surface area is 285 Å². The van der Waals surface area contributed by atoms with E-state index < -0.39 is 0 Å². The highest BCUT2D eigenvalue weighted by Gasteiger charge is 2.23. The molecule has 0 N–H and O–H groups in total. The van der Waals surface area contributed by atoms with Crippen molar-refractivity contribution in [3.05, 3.63) is 132 Å². The molecule has 7 rings (SSSR count). The molecule has 0 aliphatic rings. The molecule has 0 spiro atoms. The van der Waals surface area contributed by atoms with E-state index >= 15 is 0 Å². The highest BCUT2D eigenvalue weighted by atomic mass is 16.3. The van der Waals surface area contributed by atoms with Gasteiger partial charge in [-0.05, 0) is 86.4 Å². The molecule has 2 heterocycles. The van der Waals surface area contributed by atoms with E-state index in [0.717, 1.165) is 33.3 Å². The highest BCUT2D eigenvalue weighted by molar-refractivity contribution is 6.10. The lowest BCUT2D eigenvalue weighted by Gasteiger charge is -2.22. The average Bonchev–Trinajstić information content (AvgIpc) is 3.72. The van der Waals surface area contributed by atoms with E-state index in [4.69, 9.17) is 9.40 Å². The Morgan fingerprint density at radius 1 is 0.542 bits per heavy atom. The fourth-order valence-electron chi connectivity index (χ4n) is 7.33. The summed E-state index contributed by atoms with van der Waals surface area (Å²) in [4.78, 5) is 4.95. The van der Waals surface area contributed by atoms with Crippen molar-refractivity contribution >= 4 is 21.9 Å². The number of hydrogen-bond acceptors (Lipinski definition) is 2. The SMILES string of the molecule is CC(C)c1cc(-c2ccccc2)cc(C(C)C)c1-c1ccc2c(c1)oc1c(-c3nccn3-c3c(C(C)C)cccc3C(C)C)cccc12. The largest absolute Gasteiger partial charge is 0.455 e. The molecule has 7 aromatic rings. The van der Waals surface area contributed by atoms with Crippen LogP contribution in [0.5, 0.6) is 0 Å². The van der Waals surface area contributed by atoms with Crippen LogP contribution < -0.4 is 0 Å². The van der Waals surface area contributed by atoms with Crippen molar-refractivity contribution in [3.8, 4) is 39.3 Å². The van der Waals surface area contributed by atoms with Crippen LogP contribution in [0.3, 0.4) is 0 Å². The van der Waals surface area contributed by atoms with Gasteiger partial charge in [0, 0.05) is 23.2 Å². The maximum absolute atomic E-state index is 6.86. The third-order valence-electron chi connectivity index (χ3n) is 9.80. The molecule has 2 aromatic heterocycles. The maximum Gasteiger partial charge on any atom is 0.148 e. The van der Waals surface area contributed by atoms with Gasteiger partial charge >= 0.3 is 0 Å². The standard InChI is InChI=1S/C45H46N2O/c1-27(2)34-16-12-17-35(28(3)4)43(34)47-23-22-46-45(47)38-19-13-18-37-36-21-20-32(26-41(36)48-44(37)38)42-39(29(5)6)24-33(25-40(42)30(7)8)31-14-10-9-11-15-31/h9-30H,1-8H3. The Hall–Kier alpha value is -4.89. The van der Waals surface area contributed by atoms with Crippen LogP contribution in [0.15, 0.2) is 114 Å². The fraction of sp³-hybridized carbons (Fsp3) is 0.267. The van der Waals surface area contributed by atoms with Gasteiger partial charge in [0.25, 0.3) is 0 Å². The molecule has 0 fully saturated rings. The van der Waals surface area contributed by atoms with Crippen molar-refractivity contribution in [1.29, 1.82) is 0 Å². The molecule has 3 nitrogen and oxygen atoms in total. The maximum atomic E-state index is 6.86. The summed E-state index contributed by atoms with van der Waals surface area (Å²) in [5, 5.41) is 2.23. The van der Waals surface area contributed by atoms with Crippen LogP contribution in [0.1, 0.15) is 101 Å². The summed E-state index contributed by atoms with van der Waals surface area (Å²) in [7, 11) is 0. The molecule has 0 radical (unpaired) electrons. The summed E-state index contributed by atoms with van der Waals surface area (Å²) in [6.45, 7) is 18.3. The first-order valence-electron chi connectivity index (χ1n) is 17.5. The van der Waals surface area contributed by atoms with E-state index in [1.165, 1.54) is 50.2 Å². The molecule has 5 aromatic carbocycles. The summed E-state index contributed by atoms with van der Waals surface area (Å²) in [5.41, 5.74) is 14.4. The lowest BCUT2D eigenvalue weighted by atomic mass is 9.82. The zero-order chi connectivity index (χ0) is 33.7. The molecule has 3 heteroatoms. The van der Waals surface area contributed by atoms with Crippen LogP contribution >= 0.6 is 0 Å². The van der Waals surface area contributed by atoms with Crippen molar-refractivity contribution in [2.24, 2.45) is 0 Å². The Bertz CT molecular complexity index is 2190. The van der Waals surface area contributed by atoms with E-state index in [-0.39, 0.29) is 0 Å². The molecule has 48 heavy (non-hydrogen) atoms. The number of benzene rings is 5. The van der Waals surface area contributed by atoms with Gasteiger partial charge in [0.2, 0.25) is 0 Å². The molecular weight excluding hydrogens is 585 g/mol. The smallest absolute Gasteiger partial charge is 0.148 e. The van der Waals surface area contributed by atoms with Gasteiger partial charge in [-0.25, -0.2) is 4.98 Å². The Kier molecular flexibility index (Phi) is 8.33. The molecule has 0 unspecified atom stereocenters. The number of nitrogens with zero attached hydrogens (tertiary/aromatic N) is 2. The van der Waals surface area contributed by atoms with E-state index in [2.05, 4.69) is 163 Å². The van der Waals surface area contributed by atoms with Gasteiger partial charge in [0.1, 0.15) is 17.0 Å². The number of fused-ring (bicyclic) bond motifs is 3. The van der Waals surface area contributed by atoms with Crippen molar-refractivity contribution in [2.75, 3.05) is 0 Å². The predicted molar refractivity (Wildman–Crippen MR) is 204 cm³/mol. The van der Waals surface area contributed by atoms with Crippen molar-refractivity contribution in [2.45, 2.75) is 79.1 Å². The number of aromatic nitrogens is 2. The number of hydrogen-bond donors (Lipinski definition) is 0. The highest BCUT2D eigenvalue weighted by Crippen LogP contribution is 2.43. The van der Waals surface area contributed by atoms with Gasteiger partial charge in [0.15, 0.2) is 0 Å². The summed E-state index contributed by atoms with van der Waals surface area (Å²) < 4.78 is 9.13. The number of para-hydroxylation sites is 2. The van der Waals surface area contributed by atoms with Crippen LogP contribution in [0.4, 0.5) is 0 Å². The molecule has 0 atom stereocenters. The monoisotopic (exact) mass is 630 g/mol. The van der Waals surface area contributed by atoms with Gasteiger partial charge in [-0.3, -0.25) is 4.57 Å². The second kappa shape index (κ2) is 12.6. The molecule has 0 aliphatic heterocycles. The molecule has 0 saturated heterocycles. The summed E-state index contributed by atoms with van der Waals surface area (Å²) >= 11 is 0. The second-order valence-electron chi connectivity index (χ2n) is 14.4. The van der Waals surface area contributed by atoms with Crippen LogP contribution in [-0.4, -0.2) is 9.55 Å². The molecular formula is C45H46N2O. The van der Waals surface area contributed by atoms with Gasteiger partial charge in [-0.1, -0.05) is 134 Å². The van der Waals surface area contributed by atoms with Crippen LogP contribution in [0.25, 0.3) is 61.3 Å². The van der Waals surface area contributed by atoms with Crippen LogP contribution in [0.2, 0.25) is 0 Å². The van der Waals surface area contributed by atoms with Gasteiger partial charge in [0.05, 0.1) is 11.3 Å². The van der Waals surface area contributed by atoms with E-state index in [1.54, 1.807) is 0 Å². The minimum atomic E-state index is 0.363. The molecule has 0 saturated carbocycles. The first kappa shape index (κ1) is 31.7. The predicted octanol–water partition coefficient (Wildman–Crippen LogP) is 13.3. The minimum Gasteiger partial charge on any atom is -0.455 e. The first-order valence-corrected chi connectivity index (χ1v) is 17.5. The van der Waals surface area contributed by atoms with Gasteiger partial charge in [-0.15, -0.1) is 0 Å². The lowest BCUT2D eigenvalue weighted by Crippen LogP contribution is -2.07. The third kappa shape index (κ3) is 5.46. The normalized spacial score (nSPS) is 12.1. The summed E-state index contributed by atoms with van der Waals surface area (Å²) in [6.07, 6.45) is 4.01. The van der Waals surface area contributed by atoms with E-state index in [9.17, 15) is 0 Å². The molecule has 242 valence electrons. The van der Waals surface area contributed by atoms with Crippen molar-refractivity contribution in [3.63, 3.8) is 0 Å². The number of imidazole rings is 1. The van der Waals surface area contributed by atoms with E-state index in [1.807, 2.05) is 6.20 Å². The Morgan fingerprint density at radius 3 is 1.79 bits per heavy atom. The Morgan fingerprint density at radius 2 is 1.17 bits per heavy atom. The summed E-state index contributed by atoms with van der Waals surface area (Å²) in [6, 6.07) is 35.5. The second-order valence-corrected chi connectivity index (χ2v) is 14.4. The van der Waals surface area contributed by atoms with Crippen molar-refractivity contribution in [1.82, 2.24) is 9.55 Å². The zero-order valence-electron chi connectivity index (χ0n) is 29.5. The van der Waals surface area contributed by atoms with Gasteiger partial charge < -0.3 is 4.42 Å². The average molecular weight is 631 g/mol. The Balaban J connectivity index is 1.41. The van der Waals surface area contributed by atoms with Gasteiger partial charge in [-0.2, -0.15) is 0 Å². The minimum absolute atomic E-state index is 0.363. The molecule has 0 amide bonds. The van der Waals surface area contributed by atoms with Crippen LogP contribution in [0, 0.1) is 0 Å². The van der Waals surface area contributed by atoms with E-state index in [0.29, 0.717) is 23.7 Å². The number of furan rings is 1. The lowest BCUT2D eigenvalue weighted by molar-refractivity contribution is 0.669.